The monoisotopic (exact) mass is 294 g/mol. The highest BCUT2D eigenvalue weighted by molar-refractivity contribution is 5.77. The van der Waals surface area contributed by atoms with E-state index in [1.807, 2.05) is 26.8 Å². The molecule has 21 heavy (non-hydrogen) atoms. The van der Waals surface area contributed by atoms with Crippen molar-refractivity contribution >= 4 is 5.91 Å². The van der Waals surface area contributed by atoms with E-state index in [0.29, 0.717) is 23.8 Å². The first kappa shape index (κ1) is 15.4. The Labute approximate surface area is 124 Å². The first-order chi connectivity index (χ1) is 10.1. The Hall–Kier alpha value is -1.95. The van der Waals surface area contributed by atoms with Gasteiger partial charge in [-0.2, -0.15) is 0 Å². The fourth-order valence-electron chi connectivity index (χ4n) is 2.00. The van der Waals surface area contributed by atoms with Gasteiger partial charge in [0.2, 0.25) is 6.79 Å². The van der Waals surface area contributed by atoms with Crippen molar-refractivity contribution in [1.29, 1.82) is 0 Å². The molecule has 1 amide bonds. The van der Waals surface area contributed by atoms with E-state index in [9.17, 15) is 4.79 Å². The minimum absolute atomic E-state index is 0.0169. The summed E-state index contributed by atoms with van der Waals surface area (Å²) in [6.07, 6.45) is 0. The number of hydrogen-bond donors (Lipinski definition) is 2. The van der Waals surface area contributed by atoms with Crippen LogP contribution in [-0.2, 0) is 11.3 Å². The molecule has 0 saturated heterocycles. The van der Waals surface area contributed by atoms with Gasteiger partial charge in [0.1, 0.15) is 5.75 Å². The number of benzene rings is 1. The second-order valence-corrected chi connectivity index (χ2v) is 5.10. The number of fused-ring (bicyclic) bond motifs is 1. The van der Waals surface area contributed by atoms with E-state index in [1.165, 1.54) is 0 Å². The van der Waals surface area contributed by atoms with Crippen molar-refractivity contribution in [2.75, 3.05) is 19.9 Å². The molecule has 2 N–H and O–H groups in total. The van der Waals surface area contributed by atoms with E-state index < -0.39 is 0 Å². The molecule has 0 saturated carbocycles. The Morgan fingerprint density at radius 3 is 2.71 bits per heavy atom. The summed E-state index contributed by atoms with van der Waals surface area (Å²) >= 11 is 0. The molecule has 6 nitrogen and oxygen atoms in total. The van der Waals surface area contributed by atoms with Crippen molar-refractivity contribution in [3.8, 4) is 17.2 Å². The Morgan fingerprint density at radius 1 is 1.33 bits per heavy atom. The highest BCUT2D eigenvalue weighted by Gasteiger charge is 2.18. The Balaban J connectivity index is 2.07. The average Bonchev–Trinajstić information content (AvgIpc) is 2.88. The third kappa shape index (κ3) is 4.26. The SMILES string of the molecule is CCNCc1cc2c(cc1OCC(=O)NC(C)C)OCO2. The van der Waals surface area contributed by atoms with Gasteiger partial charge in [0.15, 0.2) is 18.1 Å². The van der Waals surface area contributed by atoms with Crippen LogP contribution < -0.4 is 24.8 Å². The fraction of sp³-hybridized carbons (Fsp3) is 0.533. The lowest BCUT2D eigenvalue weighted by Gasteiger charge is -2.14. The first-order valence-corrected chi connectivity index (χ1v) is 7.15. The van der Waals surface area contributed by atoms with Gasteiger partial charge in [-0.15, -0.1) is 0 Å². The Morgan fingerprint density at radius 2 is 2.05 bits per heavy atom. The number of rotatable bonds is 7. The van der Waals surface area contributed by atoms with Crippen molar-refractivity contribution in [3.05, 3.63) is 17.7 Å². The summed E-state index contributed by atoms with van der Waals surface area (Å²) in [5.74, 6) is 1.85. The minimum atomic E-state index is -0.142. The zero-order valence-electron chi connectivity index (χ0n) is 12.7. The van der Waals surface area contributed by atoms with Crippen LogP contribution in [0.1, 0.15) is 26.3 Å². The summed E-state index contributed by atoms with van der Waals surface area (Å²) in [6.45, 7) is 7.55. The average molecular weight is 294 g/mol. The second-order valence-electron chi connectivity index (χ2n) is 5.10. The van der Waals surface area contributed by atoms with E-state index >= 15 is 0 Å². The fourth-order valence-corrected chi connectivity index (χ4v) is 2.00. The van der Waals surface area contributed by atoms with E-state index in [0.717, 1.165) is 12.1 Å². The maximum absolute atomic E-state index is 11.7. The predicted molar refractivity (Wildman–Crippen MR) is 78.7 cm³/mol. The van der Waals surface area contributed by atoms with Gasteiger partial charge >= 0.3 is 0 Å². The van der Waals surface area contributed by atoms with E-state index in [4.69, 9.17) is 14.2 Å². The maximum atomic E-state index is 11.7. The lowest BCUT2D eigenvalue weighted by atomic mass is 10.1. The maximum Gasteiger partial charge on any atom is 0.258 e. The molecule has 0 bridgehead atoms. The molecule has 0 unspecified atom stereocenters. The molecule has 0 aliphatic carbocycles. The molecule has 0 aromatic heterocycles. The smallest absolute Gasteiger partial charge is 0.258 e. The van der Waals surface area contributed by atoms with Crippen LogP contribution in [-0.4, -0.2) is 31.9 Å². The molecule has 1 heterocycles. The quantitative estimate of drug-likeness (QED) is 0.796. The summed E-state index contributed by atoms with van der Waals surface area (Å²) in [4.78, 5) is 11.7. The summed E-state index contributed by atoms with van der Waals surface area (Å²) in [7, 11) is 0. The van der Waals surface area contributed by atoms with Crippen LogP contribution in [0.15, 0.2) is 12.1 Å². The normalized spacial score (nSPS) is 12.6. The largest absolute Gasteiger partial charge is 0.483 e. The van der Waals surface area contributed by atoms with E-state index in [-0.39, 0.29) is 25.3 Å². The summed E-state index contributed by atoms with van der Waals surface area (Å²) in [5, 5.41) is 6.03. The number of ether oxygens (including phenoxy) is 3. The van der Waals surface area contributed by atoms with E-state index in [1.54, 1.807) is 6.07 Å². The van der Waals surface area contributed by atoms with Gasteiger partial charge in [0.25, 0.3) is 5.91 Å². The Kier molecular flexibility index (Phi) is 5.27. The van der Waals surface area contributed by atoms with Crippen molar-refractivity contribution in [1.82, 2.24) is 10.6 Å². The number of carbonyl (C=O) groups excluding carboxylic acids is 1. The molecule has 2 rings (SSSR count). The number of carbonyl (C=O) groups is 1. The lowest BCUT2D eigenvalue weighted by molar-refractivity contribution is -0.123. The van der Waals surface area contributed by atoms with Crippen LogP contribution in [0.2, 0.25) is 0 Å². The first-order valence-electron chi connectivity index (χ1n) is 7.15. The van der Waals surface area contributed by atoms with Crippen LogP contribution in [0.3, 0.4) is 0 Å². The van der Waals surface area contributed by atoms with Crippen molar-refractivity contribution < 1.29 is 19.0 Å². The molecule has 0 atom stereocenters. The molecular formula is C15H22N2O4. The van der Waals surface area contributed by atoms with Crippen molar-refractivity contribution in [2.45, 2.75) is 33.4 Å². The molecule has 1 aliphatic rings. The number of amides is 1. The number of hydrogen-bond acceptors (Lipinski definition) is 5. The van der Waals surface area contributed by atoms with Gasteiger partial charge in [0.05, 0.1) is 0 Å². The third-order valence-electron chi connectivity index (χ3n) is 2.93. The molecule has 1 aromatic carbocycles. The predicted octanol–water partition coefficient (Wildman–Crippen LogP) is 1.43. The summed E-state index contributed by atoms with van der Waals surface area (Å²) < 4.78 is 16.3. The topological polar surface area (TPSA) is 68.8 Å². The highest BCUT2D eigenvalue weighted by atomic mass is 16.7. The molecular weight excluding hydrogens is 272 g/mol. The minimum Gasteiger partial charge on any atom is -0.483 e. The van der Waals surface area contributed by atoms with Crippen molar-refractivity contribution in [3.63, 3.8) is 0 Å². The van der Waals surface area contributed by atoms with Crippen LogP contribution >= 0.6 is 0 Å². The van der Waals surface area contributed by atoms with Gasteiger partial charge in [-0.1, -0.05) is 6.92 Å². The summed E-state index contributed by atoms with van der Waals surface area (Å²) in [6, 6.07) is 3.76. The lowest BCUT2D eigenvalue weighted by Crippen LogP contribution is -2.34. The zero-order chi connectivity index (χ0) is 15.2. The molecule has 0 radical (unpaired) electrons. The molecule has 0 spiro atoms. The van der Waals surface area contributed by atoms with Gasteiger partial charge in [-0.05, 0) is 26.5 Å². The van der Waals surface area contributed by atoms with Gasteiger partial charge in [-0.25, -0.2) is 0 Å². The van der Waals surface area contributed by atoms with Crippen LogP contribution in [0.25, 0.3) is 0 Å². The van der Waals surface area contributed by atoms with E-state index in [2.05, 4.69) is 10.6 Å². The van der Waals surface area contributed by atoms with Crippen LogP contribution in [0.5, 0.6) is 17.2 Å². The van der Waals surface area contributed by atoms with Crippen molar-refractivity contribution in [2.24, 2.45) is 0 Å². The molecule has 1 aromatic rings. The second kappa shape index (κ2) is 7.17. The summed E-state index contributed by atoms with van der Waals surface area (Å²) in [5.41, 5.74) is 0.943. The molecule has 0 fully saturated rings. The molecule has 1 aliphatic heterocycles. The van der Waals surface area contributed by atoms with Crippen LogP contribution in [0, 0.1) is 0 Å². The van der Waals surface area contributed by atoms with Gasteiger partial charge in [-0.3, -0.25) is 4.79 Å². The Bertz CT molecular complexity index is 503. The van der Waals surface area contributed by atoms with Gasteiger partial charge < -0.3 is 24.8 Å². The standard InChI is InChI=1S/C15H22N2O4/c1-4-16-7-11-5-13-14(21-9-20-13)6-12(11)19-8-15(18)17-10(2)3/h5-6,10,16H,4,7-9H2,1-3H3,(H,17,18). The van der Waals surface area contributed by atoms with Crippen LogP contribution in [0.4, 0.5) is 0 Å². The highest BCUT2D eigenvalue weighted by Crippen LogP contribution is 2.38. The number of nitrogens with one attached hydrogen (secondary N) is 2. The molecule has 6 heteroatoms. The van der Waals surface area contributed by atoms with Gasteiger partial charge in [0, 0.05) is 24.2 Å². The molecule has 116 valence electrons. The zero-order valence-corrected chi connectivity index (χ0v) is 12.7. The third-order valence-corrected chi connectivity index (χ3v) is 2.93.